The maximum Gasteiger partial charge on any atom is 0.238 e. The summed E-state index contributed by atoms with van der Waals surface area (Å²) in [6.07, 6.45) is 9.41. The number of nitrogens with zero attached hydrogens (tertiary/aromatic N) is 3. The lowest BCUT2D eigenvalue weighted by molar-refractivity contribution is -0.137. The summed E-state index contributed by atoms with van der Waals surface area (Å²) in [4.78, 5) is 30.7. The van der Waals surface area contributed by atoms with Gasteiger partial charge in [0, 0.05) is 38.6 Å². The lowest BCUT2D eigenvalue weighted by Crippen LogP contribution is -2.51. The Morgan fingerprint density at radius 1 is 1.05 bits per heavy atom. The number of hydrogen-bond acceptors (Lipinski definition) is 4. The Labute approximate surface area is 237 Å². The van der Waals surface area contributed by atoms with Crippen LogP contribution in [0.4, 0.5) is 0 Å². The molecule has 1 saturated carbocycles. The van der Waals surface area contributed by atoms with Gasteiger partial charge in [-0.2, -0.15) is 4.31 Å². The molecule has 220 valence electrons. The van der Waals surface area contributed by atoms with Gasteiger partial charge in [0.25, 0.3) is 0 Å². The number of sulfonamides is 1. The van der Waals surface area contributed by atoms with Crippen molar-refractivity contribution in [3.8, 4) is 0 Å². The predicted molar refractivity (Wildman–Crippen MR) is 158 cm³/mol. The molecular weight excluding hydrogens is 510 g/mol. The fraction of sp³-hybridized carbons (Fsp3) is 0.742. The van der Waals surface area contributed by atoms with Crippen molar-refractivity contribution in [3.05, 3.63) is 35.4 Å². The van der Waals surface area contributed by atoms with Gasteiger partial charge in [0.2, 0.25) is 21.8 Å². The van der Waals surface area contributed by atoms with Crippen LogP contribution in [0.5, 0.6) is 0 Å². The Bertz CT molecular complexity index is 1030. The van der Waals surface area contributed by atoms with Gasteiger partial charge in [-0.1, -0.05) is 70.7 Å². The molecule has 0 aromatic heterocycles. The van der Waals surface area contributed by atoms with E-state index in [4.69, 9.17) is 0 Å². The number of carbonyl (C=O) groups excluding carboxylic acids is 2. The van der Waals surface area contributed by atoms with Crippen molar-refractivity contribution in [1.82, 2.24) is 14.1 Å². The Kier molecular flexibility index (Phi) is 12.3. The largest absolute Gasteiger partial charge is 0.343 e. The normalized spacial score (nSPS) is 17.3. The highest BCUT2D eigenvalue weighted by atomic mass is 32.2. The van der Waals surface area contributed by atoms with E-state index >= 15 is 0 Å². The Hall–Kier alpha value is -1.93. The zero-order chi connectivity index (χ0) is 28.4. The van der Waals surface area contributed by atoms with Crippen LogP contribution in [0.2, 0.25) is 0 Å². The Balaban J connectivity index is 1.71. The van der Waals surface area contributed by atoms with Gasteiger partial charge in [0.05, 0.1) is 12.3 Å². The first-order valence-electron chi connectivity index (χ1n) is 15.2. The van der Waals surface area contributed by atoms with Crippen LogP contribution in [-0.2, 0) is 26.2 Å². The summed E-state index contributed by atoms with van der Waals surface area (Å²) in [6, 6.07) is 8.05. The molecule has 1 heterocycles. The highest BCUT2D eigenvalue weighted by Crippen LogP contribution is 2.29. The van der Waals surface area contributed by atoms with Gasteiger partial charge in [0.1, 0.15) is 0 Å². The standard InChI is InChI=1S/C31H51N3O4S/c1-5-22-39(37,38)33(21-16-25(2)3)24-31(36)34(23-28-13-9-6-10-26(28)4)29-17-19-32(20-18-29)30(35)15-14-27-11-7-8-12-27/h6,9-10,13,25,27,29H,5,7-8,11-12,14-24H2,1-4H3. The Morgan fingerprint density at radius 3 is 2.33 bits per heavy atom. The fourth-order valence-electron chi connectivity index (χ4n) is 5.95. The minimum atomic E-state index is -3.51. The van der Waals surface area contributed by atoms with E-state index in [0.29, 0.717) is 50.9 Å². The highest BCUT2D eigenvalue weighted by Gasteiger charge is 2.33. The molecule has 0 atom stereocenters. The lowest BCUT2D eigenvalue weighted by atomic mass is 9.98. The summed E-state index contributed by atoms with van der Waals surface area (Å²) < 4.78 is 27.6. The quantitative estimate of drug-likeness (QED) is 0.306. The van der Waals surface area contributed by atoms with Gasteiger partial charge in [-0.3, -0.25) is 9.59 Å². The molecule has 0 spiro atoms. The van der Waals surface area contributed by atoms with Gasteiger partial charge < -0.3 is 9.80 Å². The van der Waals surface area contributed by atoms with Gasteiger partial charge in [-0.05, 0) is 62.0 Å². The van der Waals surface area contributed by atoms with Crippen molar-refractivity contribution in [3.63, 3.8) is 0 Å². The van der Waals surface area contributed by atoms with Crippen LogP contribution >= 0.6 is 0 Å². The molecule has 1 aromatic rings. The molecular formula is C31H51N3O4S. The van der Waals surface area contributed by atoms with Crippen LogP contribution < -0.4 is 0 Å². The number of benzene rings is 1. The molecule has 0 radical (unpaired) electrons. The zero-order valence-corrected chi connectivity index (χ0v) is 25.6. The third-order valence-electron chi connectivity index (χ3n) is 8.54. The highest BCUT2D eigenvalue weighted by molar-refractivity contribution is 7.89. The number of aryl methyl sites for hydroxylation is 1. The minimum Gasteiger partial charge on any atom is -0.343 e. The first-order valence-corrected chi connectivity index (χ1v) is 16.8. The molecule has 0 unspecified atom stereocenters. The average molecular weight is 562 g/mol. The summed E-state index contributed by atoms with van der Waals surface area (Å²) >= 11 is 0. The average Bonchev–Trinajstić information content (AvgIpc) is 3.43. The summed E-state index contributed by atoms with van der Waals surface area (Å²) in [5, 5.41) is 0. The number of carbonyl (C=O) groups is 2. The fourth-order valence-corrected chi connectivity index (χ4v) is 7.42. The third-order valence-corrected chi connectivity index (χ3v) is 10.6. The van der Waals surface area contributed by atoms with Crippen molar-refractivity contribution in [2.45, 2.75) is 104 Å². The number of amides is 2. The van der Waals surface area contributed by atoms with Crippen LogP contribution in [0.25, 0.3) is 0 Å². The maximum atomic E-state index is 13.9. The molecule has 0 N–H and O–H groups in total. The summed E-state index contributed by atoms with van der Waals surface area (Å²) in [7, 11) is -3.51. The molecule has 1 aromatic carbocycles. The van der Waals surface area contributed by atoms with E-state index in [9.17, 15) is 18.0 Å². The van der Waals surface area contributed by atoms with Gasteiger partial charge in [-0.25, -0.2) is 8.42 Å². The van der Waals surface area contributed by atoms with Crippen LogP contribution in [0.3, 0.4) is 0 Å². The molecule has 1 aliphatic heterocycles. The summed E-state index contributed by atoms with van der Waals surface area (Å²) in [5.41, 5.74) is 2.19. The molecule has 2 fully saturated rings. The van der Waals surface area contributed by atoms with Crippen molar-refractivity contribution in [2.75, 3.05) is 31.9 Å². The maximum absolute atomic E-state index is 13.9. The van der Waals surface area contributed by atoms with Gasteiger partial charge in [0.15, 0.2) is 0 Å². The molecule has 1 aliphatic carbocycles. The first-order chi connectivity index (χ1) is 18.6. The van der Waals surface area contributed by atoms with Gasteiger partial charge in [-0.15, -0.1) is 0 Å². The first kappa shape index (κ1) is 31.6. The second kappa shape index (κ2) is 15.2. The van der Waals surface area contributed by atoms with Gasteiger partial charge >= 0.3 is 0 Å². The van der Waals surface area contributed by atoms with E-state index in [-0.39, 0.29) is 30.2 Å². The Morgan fingerprint density at radius 2 is 1.72 bits per heavy atom. The molecule has 3 rings (SSSR count). The number of rotatable bonds is 14. The third kappa shape index (κ3) is 9.59. The predicted octanol–water partition coefficient (Wildman–Crippen LogP) is 5.37. The molecule has 2 amide bonds. The van der Waals surface area contributed by atoms with E-state index in [0.717, 1.165) is 36.8 Å². The van der Waals surface area contributed by atoms with Crippen molar-refractivity contribution in [1.29, 1.82) is 0 Å². The van der Waals surface area contributed by atoms with Crippen LogP contribution in [-0.4, -0.2) is 72.3 Å². The molecule has 2 aliphatic rings. The van der Waals surface area contributed by atoms with Crippen molar-refractivity contribution >= 4 is 21.8 Å². The van der Waals surface area contributed by atoms with E-state index in [1.165, 1.54) is 30.0 Å². The van der Waals surface area contributed by atoms with Crippen LogP contribution in [0, 0.1) is 18.8 Å². The van der Waals surface area contributed by atoms with Crippen molar-refractivity contribution in [2.24, 2.45) is 11.8 Å². The molecule has 1 saturated heterocycles. The van der Waals surface area contributed by atoms with E-state index < -0.39 is 10.0 Å². The summed E-state index contributed by atoms with van der Waals surface area (Å²) in [5.74, 6) is 1.20. The topological polar surface area (TPSA) is 78.0 Å². The van der Waals surface area contributed by atoms with Crippen molar-refractivity contribution < 1.29 is 18.0 Å². The number of hydrogen-bond donors (Lipinski definition) is 0. The van der Waals surface area contributed by atoms with E-state index in [1.807, 2.05) is 47.9 Å². The molecule has 7 nitrogen and oxygen atoms in total. The molecule has 8 heteroatoms. The second-order valence-corrected chi connectivity index (χ2v) is 14.2. The molecule has 0 bridgehead atoms. The zero-order valence-electron chi connectivity index (χ0n) is 24.7. The number of piperidine rings is 1. The van der Waals surface area contributed by atoms with Crippen LogP contribution in [0.1, 0.15) is 96.1 Å². The lowest BCUT2D eigenvalue weighted by Gasteiger charge is -2.39. The monoisotopic (exact) mass is 561 g/mol. The summed E-state index contributed by atoms with van der Waals surface area (Å²) in [6.45, 7) is 10.0. The molecule has 39 heavy (non-hydrogen) atoms. The smallest absolute Gasteiger partial charge is 0.238 e. The SMILES string of the molecule is CCCS(=O)(=O)N(CCC(C)C)CC(=O)N(Cc1ccccc1C)C1CCN(C(=O)CCC2CCCC2)CC1. The number of likely N-dealkylation sites (tertiary alicyclic amines) is 1. The van der Waals surface area contributed by atoms with Crippen LogP contribution in [0.15, 0.2) is 24.3 Å². The van der Waals surface area contributed by atoms with E-state index in [2.05, 4.69) is 13.8 Å². The second-order valence-electron chi connectivity index (χ2n) is 12.1. The van der Waals surface area contributed by atoms with E-state index in [1.54, 1.807) is 0 Å². The minimum absolute atomic E-state index is 0.0168.